The first-order chi connectivity index (χ1) is 9.83. The highest BCUT2D eigenvalue weighted by molar-refractivity contribution is 5.33. The van der Waals surface area contributed by atoms with Crippen LogP contribution in [0.25, 0.3) is 0 Å². The van der Waals surface area contributed by atoms with Crippen molar-refractivity contribution in [2.45, 2.75) is 56.4 Å². The smallest absolute Gasteiger partial charge is 0.0876 e. The van der Waals surface area contributed by atoms with Crippen LogP contribution in [0.2, 0.25) is 0 Å². The molecule has 1 unspecified atom stereocenters. The Balaban J connectivity index is 1.95. The van der Waals surface area contributed by atoms with E-state index in [9.17, 15) is 0 Å². The van der Waals surface area contributed by atoms with Crippen LogP contribution in [-0.2, 0) is 10.2 Å². The van der Waals surface area contributed by atoms with Gasteiger partial charge in [0.15, 0.2) is 0 Å². The first-order valence-corrected chi connectivity index (χ1v) is 7.95. The fourth-order valence-corrected chi connectivity index (χ4v) is 3.90. The number of rotatable bonds is 3. The van der Waals surface area contributed by atoms with Crippen LogP contribution in [0.4, 0.5) is 0 Å². The average molecular weight is 271 g/mol. The monoisotopic (exact) mass is 271 g/mol. The van der Waals surface area contributed by atoms with Crippen LogP contribution in [0.15, 0.2) is 42.2 Å². The molecule has 0 amide bonds. The summed E-state index contributed by atoms with van der Waals surface area (Å²) in [6.07, 6.45) is 10.5. The van der Waals surface area contributed by atoms with Crippen molar-refractivity contribution in [2.24, 2.45) is 5.73 Å². The molecular formula is C18H25NO. The second kappa shape index (κ2) is 6.01. The van der Waals surface area contributed by atoms with E-state index in [1.807, 2.05) is 6.26 Å². The zero-order valence-electron chi connectivity index (χ0n) is 12.2. The highest BCUT2D eigenvalue weighted by Crippen LogP contribution is 2.44. The maximum atomic E-state index is 6.74. The van der Waals surface area contributed by atoms with E-state index in [1.54, 1.807) is 0 Å². The minimum absolute atomic E-state index is 0.102. The normalized spacial score (nSPS) is 23.6. The summed E-state index contributed by atoms with van der Waals surface area (Å²) in [6.45, 7) is 0.842. The van der Waals surface area contributed by atoms with Gasteiger partial charge in [0.25, 0.3) is 0 Å². The second-order valence-corrected chi connectivity index (χ2v) is 6.23. The molecular weight excluding hydrogens is 246 g/mol. The molecule has 0 aromatic heterocycles. The predicted octanol–water partition coefficient (Wildman–Crippen LogP) is 3.91. The summed E-state index contributed by atoms with van der Waals surface area (Å²) in [5, 5.41) is 0. The second-order valence-electron chi connectivity index (χ2n) is 6.23. The third-order valence-corrected chi connectivity index (χ3v) is 5.05. The number of nitrogens with two attached hydrogens (primary N) is 1. The van der Waals surface area contributed by atoms with Crippen LogP contribution < -0.4 is 5.73 Å². The number of benzene rings is 1. The van der Waals surface area contributed by atoms with Crippen molar-refractivity contribution in [1.29, 1.82) is 0 Å². The topological polar surface area (TPSA) is 35.2 Å². The summed E-state index contributed by atoms with van der Waals surface area (Å²) in [6, 6.07) is 11.0. The summed E-state index contributed by atoms with van der Waals surface area (Å²) in [5.41, 5.74) is 9.58. The van der Waals surface area contributed by atoms with Gasteiger partial charge in [-0.2, -0.15) is 0 Å². The lowest BCUT2D eigenvalue weighted by Crippen LogP contribution is -2.48. The van der Waals surface area contributed by atoms with E-state index in [1.165, 1.54) is 43.2 Å². The molecule has 1 aromatic rings. The van der Waals surface area contributed by atoms with E-state index >= 15 is 0 Å². The Kier molecular flexibility index (Phi) is 4.11. The number of hydrogen-bond acceptors (Lipinski definition) is 2. The lowest BCUT2D eigenvalue weighted by Gasteiger charge is -2.44. The van der Waals surface area contributed by atoms with Crippen molar-refractivity contribution in [3.63, 3.8) is 0 Å². The molecule has 1 aliphatic carbocycles. The molecule has 108 valence electrons. The van der Waals surface area contributed by atoms with Gasteiger partial charge in [-0.25, -0.2) is 0 Å². The van der Waals surface area contributed by atoms with Gasteiger partial charge in [0.2, 0.25) is 0 Å². The summed E-state index contributed by atoms with van der Waals surface area (Å²) >= 11 is 0. The van der Waals surface area contributed by atoms with Crippen LogP contribution in [-0.4, -0.2) is 12.6 Å². The van der Waals surface area contributed by atoms with Gasteiger partial charge in [0.05, 0.1) is 12.9 Å². The SMILES string of the molecule is NC(C1=COCCC1)C1(c2ccccc2)CCCCC1. The number of hydrogen-bond donors (Lipinski definition) is 1. The molecule has 0 radical (unpaired) electrons. The molecule has 1 heterocycles. The maximum absolute atomic E-state index is 6.74. The van der Waals surface area contributed by atoms with E-state index in [-0.39, 0.29) is 11.5 Å². The Labute approximate surface area is 122 Å². The Morgan fingerprint density at radius 1 is 1.00 bits per heavy atom. The van der Waals surface area contributed by atoms with Crippen LogP contribution in [0.3, 0.4) is 0 Å². The minimum atomic E-state index is 0.102. The van der Waals surface area contributed by atoms with Gasteiger partial charge in [-0.05, 0) is 36.8 Å². The van der Waals surface area contributed by atoms with E-state index in [0.29, 0.717) is 0 Å². The Hall–Kier alpha value is -1.28. The quantitative estimate of drug-likeness (QED) is 0.904. The highest BCUT2D eigenvalue weighted by Gasteiger charge is 2.41. The van der Waals surface area contributed by atoms with Gasteiger partial charge in [0, 0.05) is 11.5 Å². The summed E-state index contributed by atoms with van der Waals surface area (Å²) in [4.78, 5) is 0. The van der Waals surface area contributed by atoms with E-state index in [0.717, 1.165) is 19.4 Å². The summed E-state index contributed by atoms with van der Waals surface area (Å²) in [7, 11) is 0. The molecule has 1 saturated carbocycles. The Bertz CT molecular complexity index is 460. The van der Waals surface area contributed by atoms with Gasteiger partial charge in [-0.1, -0.05) is 49.6 Å². The fraction of sp³-hybridized carbons (Fsp3) is 0.556. The van der Waals surface area contributed by atoms with Gasteiger partial charge < -0.3 is 10.5 Å². The van der Waals surface area contributed by atoms with Crippen molar-refractivity contribution in [3.05, 3.63) is 47.7 Å². The molecule has 1 aliphatic heterocycles. The van der Waals surface area contributed by atoms with Crippen LogP contribution in [0, 0.1) is 0 Å². The minimum Gasteiger partial charge on any atom is -0.501 e. The van der Waals surface area contributed by atoms with Crippen molar-refractivity contribution < 1.29 is 4.74 Å². The summed E-state index contributed by atoms with van der Waals surface area (Å²) < 4.78 is 5.53. The van der Waals surface area contributed by atoms with E-state index < -0.39 is 0 Å². The summed E-state index contributed by atoms with van der Waals surface area (Å²) in [5.74, 6) is 0. The zero-order chi connectivity index (χ0) is 13.8. The van der Waals surface area contributed by atoms with Crippen molar-refractivity contribution in [3.8, 4) is 0 Å². The van der Waals surface area contributed by atoms with Gasteiger partial charge in [0.1, 0.15) is 0 Å². The largest absolute Gasteiger partial charge is 0.501 e. The Morgan fingerprint density at radius 2 is 1.75 bits per heavy atom. The highest BCUT2D eigenvalue weighted by atomic mass is 16.5. The van der Waals surface area contributed by atoms with Gasteiger partial charge in [-0.15, -0.1) is 0 Å². The molecule has 0 spiro atoms. The molecule has 2 aliphatic rings. The van der Waals surface area contributed by atoms with Crippen LogP contribution >= 0.6 is 0 Å². The fourth-order valence-electron chi connectivity index (χ4n) is 3.90. The number of ether oxygens (including phenoxy) is 1. The van der Waals surface area contributed by atoms with Gasteiger partial charge in [-0.3, -0.25) is 0 Å². The molecule has 0 bridgehead atoms. The lowest BCUT2D eigenvalue weighted by molar-refractivity contribution is 0.203. The first-order valence-electron chi connectivity index (χ1n) is 7.95. The predicted molar refractivity (Wildman–Crippen MR) is 82.4 cm³/mol. The Morgan fingerprint density at radius 3 is 2.40 bits per heavy atom. The molecule has 2 heteroatoms. The van der Waals surface area contributed by atoms with E-state index in [2.05, 4.69) is 30.3 Å². The van der Waals surface area contributed by atoms with Crippen LogP contribution in [0.1, 0.15) is 50.5 Å². The third-order valence-electron chi connectivity index (χ3n) is 5.05. The maximum Gasteiger partial charge on any atom is 0.0876 e. The molecule has 0 saturated heterocycles. The van der Waals surface area contributed by atoms with Crippen LogP contribution in [0.5, 0.6) is 0 Å². The molecule has 3 rings (SSSR count). The zero-order valence-corrected chi connectivity index (χ0v) is 12.2. The standard InChI is InChI=1S/C18H25NO/c19-17(15-8-7-13-20-14-15)18(11-5-2-6-12-18)16-9-3-1-4-10-16/h1,3-4,9-10,14,17H,2,5-8,11-13,19H2. The molecule has 1 aromatic carbocycles. The van der Waals surface area contributed by atoms with Crippen molar-refractivity contribution in [1.82, 2.24) is 0 Å². The lowest BCUT2D eigenvalue weighted by atomic mass is 9.63. The molecule has 20 heavy (non-hydrogen) atoms. The molecule has 1 atom stereocenters. The van der Waals surface area contributed by atoms with Crippen molar-refractivity contribution in [2.75, 3.05) is 6.61 Å². The van der Waals surface area contributed by atoms with Gasteiger partial charge >= 0.3 is 0 Å². The average Bonchev–Trinajstić information content (AvgIpc) is 2.56. The van der Waals surface area contributed by atoms with Crippen molar-refractivity contribution >= 4 is 0 Å². The van der Waals surface area contributed by atoms with E-state index in [4.69, 9.17) is 10.5 Å². The molecule has 2 nitrogen and oxygen atoms in total. The first kappa shape index (κ1) is 13.7. The molecule has 1 fully saturated rings. The molecule has 2 N–H and O–H groups in total. The third kappa shape index (κ3) is 2.49.